The summed E-state index contributed by atoms with van der Waals surface area (Å²) in [6, 6.07) is 6.99. The molecule has 0 amide bonds. The Balaban J connectivity index is 2.50. The van der Waals surface area contributed by atoms with E-state index in [-0.39, 0.29) is 12.6 Å². The minimum atomic E-state index is -0.347. The fourth-order valence-corrected chi connectivity index (χ4v) is 1.08. The van der Waals surface area contributed by atoms with Crippen molar-refractivity contribution in [1.29, 1.82) is 0 Å². The average molecular weight is 211 g/mol. The molecular formula is C11H17NO3. The van der Waals surface area contributed by atoms with Gasteiger partial charge in [-0.05, 0) is 19.1 Å². The van der Waals surface area contributed by atoms with Gasteiger partial charge in [-0.2, -0.15) is 0 Å². The molecule has 1 atom stereocenters. The summed E-state index contributed by atoms with van der Waals surface area (Å²) in [5.41, 5.74) is 5.51. The van der Waals surface area contributed by atoms with Crippen LogP contribution in [0.15, 0.2) is 24.3 Å². The van der Waals surface area contributed by atoms with E-state index < -0.39 is 0 Å². The largest absolute Gasteiger partial charge is 0.494 e. The van der Waals surface area contributed by atoms with Crippen molar-refractivity contribution in [3.63, 3.8) is 0 Å². The van der Waals surface area contributed by atoms with Gasteiger partial charge in [-0.25, -0.2) is 0 Å². The number of aliphatic hydroxyl groups excluding tert-OH is 1. The molecule has 0 spiro atoms. The lowest BCUT2D eigenvalue weighted by Gasteiger charge is -2.11. The molecule has 3 N–H and O–H groups in total. The van der Waals surface area contributed by atoms with Gasteiger partial charge in [0.05, 0.1) is 19.3 Å². The fraction of sp³-hybridized carbons (Fsp3) is 0.455. The lowest BCUT2D eigenvalue weighted by atomic mass is 10.3. The van der Waals surface area contributed by atoms with Crippen LogP contribution < -0.4 is 15.2 Å². The predicted octanol–water partition coefficient (Wildman–Crippen LogP) is 0.784. The molecule has 4 heteroatoms. The van der Waals surface area contributed by atoms with Crippen molar-refractivity contribution < 1.29 is 14.6 Å². The van der Waals surface area contributed by atoms with Crippen LogP contribution in [0.25, 0.3) is 0 Å². The van der Waals surface area contributed by atoms with Crippen molar-refractivity contribution >= 4 is 0 Å². The van der Waals surface area contributed by atoms with Crippen LogP contribution in [0.1, 0.15) is 6.92 Å². The summed E-state index contributed by atoms with van der Waals surface area (Å²) in [6.07, 6.45) is 0. The molecule has 0 aliphatic carbocycles. The first-order chi connectivity index (χ1) is 7.26. The summed E-state index contributed by atoms with van der Waals surface area (Å²) in [4.78, 5) is 0. The summed E-state index contributed by atoms with van der Waals surface area (Å²) in [7, 11) is 0. The number of hydrogen-bond acceptors (Lipinski definition) is 4. The highest BCUT2D eigenvalue weighted by Gasteiger charge is 2.02. The summed E-state index contributed by atoms with van der Waals surface area (Å²) in [6.45, 7) is 2.77. The van der Waals surface area contributed by atoms with E-state index in [0.717, 1.165) is 5.75 Å². The molecule has 0 fully saturated rings. The predicted molar refractivity (Wildman–Crippen MR) is 58.2 cm³/mol. The number of aliphatic hydroxyl groups is 1. The normalized spacial score (nSPS) is 12.2. The molecule has 0 aliphatic heterocycles. The Labute approximate surface area is 89.6 Å². The number of rotatable bonds is 6. The Hall–Kier alpha value is -1.26. The van der Waals surface area contributed by atoms with Crippen LogP contribution in [0.2, 0.25) is 0 Å². The van der Waals surface area contributed by atoms with Crippen molar-refractivity contribution in [2.24, 2.45) is 5.73 Å². The molecular weight excluding hydrogens is 194 g/mol. The van der Waals surface area contributed by atoms with Gasteiger partial charge in [-0.3, -0.25) is 0 Å². The third-order valence-corrected chi connectivity index (χ3v) is 1.82. The minimum absolute atomic E-state index is 0.0782. The molecule has 84 valence electrons. The molecule has 1 unspecified atom stereocenters. The molecule has 1 rings (SSSR count). The Bertz CT molecular complexity index is 291. The standard InChI is InChI=1S/C11H17NO3/c1-2-14-10-4-3-5-11(6-10)15-8-9(12)7-13/h3-6,9,13H,2,7-8,12H2,1H3. The van der Waals surface area contributed by atoms with Crippen LogP contribution in [-0.2, 0) is 0 Å². The zero-order chi connectivity index (χ0) is 11.1. The van der Waals surface area contributed by atoms with Gasteiger partial charge in [0.1, 0.15) is 18.1 Å². The third-order valence-electron chi connectivity index (χ3n) is 1.82. The van der Waals surface area contributed by atoms with E-state index in [2.05, 4.69) is 0 Å². The van der Waals surface area contributed by atoms with E-state index in [4.69, 9.17) is 20.3 Å². The van der Waals surface area contributed by atoms with Gasteiger partial charge in [-0.15, -0.1) is 0 Å². The zero-order valence-corrected chi connectivity index (χ0v) is 8.85. The van der Waals surface area contributed by atoms with Crippen LogP contribution in [0.5, 0.6) is 11.5 Å². The van der Waals surface area contributed by atoms with E-state index in [0.29, 0.717) is 19.0 Å². The van der Waals surface area contributed by atoms with Crippen LogP contribution >= 0.6 is 0 Å². The highest BCUT2D eigenvalue weighted by atomic mass is 16.5. The van der Waals surface area contributed by atoms with Crippen molar-refractivity contribution in [2.75, 3.05) is 19.8 Å². The maximum absolute atomic E-state index is 8.72. The average Bonchev–Trinajstić information content (AvgIpc) is 2.27. The molecule has 0 bridgehead atoms. The quantitative estimate of drug-likeness (QED) is 0.730. The summed E-state index contributed by atoms with van der Waals surface area (Å²) < 4.78 is 10.7. The number of ether oxygens (including phenoxy) is 2. The smallest absolute Gasteiger partial charge is 0.123 e. The van der Waals surface area contributed by atoms with E-state index in [1.165, 1.54) is 0 Å². The second-order valence-electron chi connectivity index (χ2n) is 3.16. The molecule has 0 saturated heterocycles. The maximum Gasteiger partial charge on any atom is 0.123 e. The molecule has 1 aromatic carbocycles. The van der Waals surface area contributed by atoms with Crippen LogP contribution in [0.4, 0.5) is 0 Å². The van der Waals surface area contributed by atoms with E-state index in [1.807, 2.05) is 25.1 Å². The second-order valence-corrected chi connectivity index (χ2v) is 3.16. The molecule has 4 nitrogen and oxygen atoms in total. The molecule has 0 heterocycles. The van der Waals surface area contributed by atoms with Gasteiger partial charge < -0.3 is 20.3 Å². The summed E-state index contributed by atoms with van der Waals surface area (Å²) >= 11 is 0. The Morgan fingerprint density at radius 2 is 2.00 bits per heavy atom. The zero-order valence-electron chi connectivity index (χ0n) is 8.85. The molecule has 1 aromatic rings. The van der Waals surface area contributed by atoms with E-state index in [1.54, 1.807) is 6.07 Å². The highest BCUT2D eigenvalue weighted by molar-refractivity contribution is 5.32. The van der Waals surface area contributed by atoms with Crippen molar-refractivity contribution in [2.45, 2.75) is 13.0 Å². The van der Waals surface area contributed by atoms with Crippen LogP contribution in [-0.4, -0.2) is 31.0 Å². The fourth-order valence-electron chi connectivity index (χ4n) is 1.08. The van der Waals surface area contributed by atoms with Gasteiger partial charge in [0, 0.05) is 6.07 Å². The summed E-state index contributed by atoms with van der Waals surface area (Å²) in [5, 5.41) is 8.72. The number of benzene rings is 1. The van der Waals surface area contributed by atoms with Crippen molar-refractivity contribution in [3.8, 4) is 11.5 Å². The SMILES string of the molecule is CCOc1cccc(OCC(N)CO)c1. The monoisotopic (exact) mass is 211 g/mol. The maximum atomic E-state index is 8.72. The second kappa shape index (κ2) is 6.27. The Morgan fingerprint density at radius 1 is 1.33 bits per heavy atom. The van der Waals surface area contributed by atoms with Crippen molar-refractivity contribution in [1.82, 2.24) is 0 Å². The number of hydrogen-bond donors (Lipinski definition) is 2. The van der Waals surface area contributed by atoms with E-state index in [9.17, 15) is 0 Å². The lowest BCUT2D eigenvalue weighted by molar-refractivity contribution is 0.206. The molecule has 0 saturated carbocycles. The first-order valence-electron chi connectivity index (χ1n) is 4.98. The highest BCUT2D eigenvalue weighted by Crippen LogP contribution is 2.19. The topological polar surface area (TPSA) is 64.7 Å². The lowest BCUT2D eigenvalue weighted by Crippen LogP contribution is -2.31. The molecule has 0 radical (unpaired) electrons. The third kappa shape index (κ3) is 4.18. The van der Waals surface area contributed by atoms with Gasteiger partial charge in [0.2, 0.25) is 0 Å². The first-order valence-corrected chi connectivity index (χ1v) is 4.98. The minimum Gasteiger partial charge on any atom is -0.494 e. The van der Waals surface area contributed by atoms with E-state index >= 15 is 0 Å². The molecule has 15 heavy (non-hydrogen) atoms. The first kappa shape index (κ1) is 11.8. The van der Waals surface area contributed by atoms with Gasteiger partial charge in [-0.1, -0.05) is 6.07 Å². The number of nitrogens with two attached hydrogens (primary N) is 1. The van der Waals surface area contributed by atoms with Crippen molar-refractivity contribution in [3.05, 3.63) is 24.3 Å². The Kier molecular flexibility index (Phi) is 4.93. The molecule has 0 aliphatic rings. The van der Waals surface area contributed by atoms with Gasteiger partial charge in [0.25, 0.3) is 0 Å². The van der Waals surface area contributed by atoms with Crippen LogP contribution in [0, 0.1) is 0 Å². The van der Waals surface area contributed by atoms with Gasteiger partial charge in [0.15, 0.2) is 0 Å². The van der Waals surface area contributed by atoms with Gasteiger partial charge >= 0.3 is 0 Å². The Morgan fingerprint density at radius 3 is 2.60 bits per heavy atom. The van der Waals surface area contributed by atoms with Crippen LogP contribution in [0.3, 0.4) is 0 Å². The molecule has 0 aromatic heterocycles. The summed E-state index contributed by atoms with van der Waals surface area (Å²) in [5.74, 6) is 1.47.